The van der Waals surface area contributed by atoms with Gasteiger partial charge in [-0.15, -0.1) is 11.3 Å². The summed E-state index contributed by atoms with van der Waals surface area (Å²) in [4.78, 5) is 38.7. The van der Waals surface area contributed by atoms with E-state index in [0.717, 1.165) is 23.3 Å². The lowest BCUT2D eigenvalue weighted by Gasteiger charge is -2.17. The van der Waals surface area contributed by atoms with Crippen molar-refractivity contribution in [2.24, 2.45) is 0 Å². The molecule has 0 atom stereocenters. The molecule has 1 N–H and O–H groups in total. The van der Waals surface area contributed by atoms with Gasteiger partial charge in [0.2, 0.25) is 0 Å². The highest BCUT2D eigenvalue weighted by atomic mass is 32.1. The molecule has 0 unspecified atom stereocenters. The molecule has 31 heavy (non-hydrogen) atoms. The van der Waals surface area contributed by atoms with Gasteiger partial charge in [0.05, 0.1) is 11.3 Å². The van der Waals surface area contributed by atoms with Gasteiger partial charge in [0.1, 0.15) is 4.88 Å². The Morgan fingerprint density at radius 2 is 1.84 bits per heavy atom. The fourth-order valence-electron chi connectivity index (χ4n) is 2.87. The minimum absolute atomic E-state index is 0.174. The van der Waals surface area contributed by atoms with Crippen molar-refractivity contribution < 1.29 is 23.5 Å². The summed E-state index contributed by atoms with van der Waals surface area (Å²) >= 11 is 1.09. The average Bonchev–Trinajstić information content (AvgIpc) is 3.42. The molecule has 0 fully saturated rings. The lowest BCUT2D eigenvalue weighted by Crippen LogP contribution is -2.30. The maximum Gasteiger partial charge on any atom is 0.349 e. The first-order valence-electron chi connectivity index (χ1n) is 9.81. The quantitative estimate of drug-likeness (QED) is 0.528. The van der Waals surface area contributed by atoms with Crippen LogP contribution in [0.15, 0.2) is 53.1 Å². The molecule has 0 spiro atoms. The molecule has 8 heteroatoms. The zero-order chi connectivity index (χ0) is 22.4. The Kier molecular flexibility index (Phi) is 7.25. The lowest BCUT2D eigenvalue weighted by atomic mass is 10.1. The first kappa shape index (κ1) is 22.3. The Hall–Kier alpha value is -3.39. The van der Waals surface area contributed by atoms with E-state index >= 15 is 0 Å². The van der Waals surface area contributed by atoms with Crippen LogP contribution >= 0.6 is 11.3 Å². The zero-order valence-corrected chi connectivity index (χ0v) is 18.5. The van der Waals surface area contributed by atoms with E-state index in [9.17, 15) is 14.4 Å². The van der Waals surface area contributed by atoms with Crippen molar-refractivity contribution in [2.45, 2.75) is 26.8 Å². The number of ether oxygens (including phenoxy) is 1. The van der Waals surface area contributed by atoms with Crippen LogP contribution in [0.2, 0.25) is 0 Å². The van der Waals surface area contributed by atoms with Gasteiger partial charge in [0.15, 0.2) is 12.4 Å². The van der Waals surface area contributed by atoms with Crippen LogP contribution in [0.3, 0.4) is 0 Å². The first-order chi connectivity index (χ1) is 14.9. The standard InChI is InChI=1S/C23H24N2O5S/c1-4-16-7-9-17(10-8-16)13-25(3)20(26)14-30-23(28)21-15(2)12-19(31-21)24-22(27)18-6-5-11-29-18/h5-12H,4,13-14H2,1-3H3,(H,24,27). The predicted molar refractivity (Wildman–Crippen MR) is 118 cm³/mol. The van der Waals surface area contributed by atoms with Crippen LogP contribution in [-0.4, -0.2) is 36.3 Å². The van der Waals surface area contributed by atoms with Crippen LogP contribution in [0.5, 0.6) is 0 Å². The molecule has 0 aliphatic carbocycles. The molecule has 2 aromatic heterocycles. The number of nitrogens with one attached hydrogen (secondary N) is 1. The molecule has 3 aromatic rings. The SMILES string of the molecule is CCc1ccc(CN(C)C(=O)COC(=O)c2sc(NC(=O)c3ccco3)cc2C)cc1. The van der Waals surface area contributed by atoms with Crippen molar-refractivity contribution >= 4 is 34.1 Å². The highest BCUT2D eigenvalue weighted by Crippen LogP contribution is 2.28. The fraction of sp³-hybridized carbons (Fsp3) is 0.261. The third-order valence-corrected chi connectivity index (χ3v) is 5.82. The van der Waals surface area contributed by atoms with Gasteiger partial charge in [0.25, 0.3) is 11.8 Å². The van der Waals surface area contributed by atoms with Gasteiger partial charge >= 0.3 is 5.97 Å². The summed E-state index contributed by atoms with van der Waals surface area (Å²) in [6, 6.07) is 12.9. The molecular formula is C23H24N2O5S. The van der Waals surface area contributed by atoms with Crippen molar-refractivity contribution in [3.8, 4) is 0 Å². The second-order valence-electron chi connectivity index (χ2n) is 7.05. The molecule has 0 saturated heterocycles. The lowest BCUT2D eigenvalue weighted by molar-refractivity contribution is -0.133. The van der Waals surface area contributed by atoms with Crippen molar-refractivity contribution in [2.75, 3.05) is 19.0 Å². The van der Waals surface area contributed by atoms with Crippen molar-refractivity contribution in [1.29, 1.82) is 0 Å². The Morgan fingerprint density at radius 1 is 1.13 bits per heavy atom. The highest BCUT2D eigenvalue weighted by molar-refractivity contribution is 7.18. The van der Waals surface area contributed by atoms with E-state index in [0.29, 0.717) is 22.0 Å². The number of anilines is 1. The third kappa shape index (κ3) is 5.82. The summed E-state index contributed by atoms with van der Waals surface area (Å²) in [7, 11) is 1.67. The number of rotatable bonds is 8. The molecule has 0 radical (unpaired) electrons. The van der Waals surface area contributed by atoms with Gasteiger partial charge in [-0.2, -0.15) is 0 Å². The summed E-state index contributed by atoms with van der Waals surface area (Å²) in [6.45, 7) is 3.91. The average molecular weight is 441 g/mol. The molecule has 2 amide bonds. The van der Waals surface area contributed by atoms with Crippen LogP contribution in [0, 0.1) is 6.92 Å². The first-order valence-corrected chi connectivity index (χ1v) is 10.6. The maximum atomic E-state index is 12.4. The summed E-state index contributed by atoms with van der Waals surface area (Å²) in [6.07, 6.45) is 2.37. The monoisotopic (exact) mass is 440 g/mol. The van der Waals surface area contributed by atoms with Gasteiger partial charge in [-0.3, -0.25) is 9.59 Å². The van der Waals surface area contributed by atoms with Gasteiger partial charge in [-0.25, -0.2) is 4.79 Å². The molecule has 7 nitrogen and oxygen atoms in total. The van der Waals surface area contributed by atoms with E-state index in [1.807, 2.05) is 24.3 Å². The molecule has 0 saturated carbocycles. The smallest absolute Gasteiger partial charge is 0.349 e. The van der Waals surface area contributed by atoms with Gasteiger partial charge < -0.3 is 19.4 Å². The van der Waals surface area contributed by atoms with Gasteiger partial charge in [0, 0.05) is 13.6 Å². The minimum atomic E-state index is -0.602. The molecular weight excluding hydrogens is 416 g/mol. The zero-order valence-electron chi connectivity index (χ0n) is 17.6. The number of amides is 2. The number of hydrogen-bond acceptors (Lipinski definition) is 6. The highest BCUT2D eigenvalue weighted by Gasteiger charge is 2.19. The Balaban J connectivity index is 1.53. The Bertz CT molecular complexity index is 1050. The maximum absolute atomic E-state index is 12.4. The van der Waals surface area contributed by atoms with E-state index in [4.69, 9.17) is 9.15 Å². The summed E-state index contributed by atoms with van der Waals surface area (Å²) in [5.74, 6) is -1.13. The molecule has 2 heterocycles. The largest absolute Gasteiger partial charge is 0.459 e. The van der Waals surface area contributed by atoms with Crippen LogP contribution in [-0.2, 0) is 22.5 Å². The molecule has 0 bridgehead atoms. The molecule has 3 rings (SSSR count). The second kappa shape index (κ2) is 10.1. The number of aryl methyl sites for hydroxylation is 2. The van der Waals surface area contributed by atoms with Crippen LogP contribution < -0.4 is 5.32 Å². The van der Waals surface area contributed by atoms with Gasteiger partial charge in [-0.1, -0.05) is 31.2 Å². The number of nitrogens with zero attached hydrogens (tertiary/aromatic N) is 1. The minimum Gasteiger partial charge on any atom is -0.459 e. The van der Waals surface area contributed by atoms with E-state index in [2.05, 4.69) is 12.2 Å². The summed E-state index contributed by atoms with van der Waals surface area (Å²) in [5, 5.41) is 3.17. The topological polar surface area (TPSA) is 88.9 Å². The molecule has 162 valence electrons. The number of benzene rings is 1. The summed E-state index contributed by atoms with van der Waals surface area (Å²) in [5.41, 5.74) is 2.89. The normalized spacial score (nSPS) is 10.5. The van der Waals surface area contributed by atoms with E-state index in [1.54, 1.807) is 32.2 Å². The fourth-order valence-corrected chi connectivity index (χ4v) is 3.83. The van der Waals surface area contributed by atoms with E-state index in [-0.39, 0.29) is 18.3 Å². The third-order valence-electron chi connectivity index (χ3n) is 4.69. The van der Waals surface area contributed by atoms with Crippen LogP contribution in [0.25, 0.3) is 0 Å². The number of thiophene rings is 1. The molecule has 0 aliphatic heterocycles. The van der Waals surface area contributed by atoms with Crippen LogP contribution in [0.4, 0.5) is 5.00 Å². The van der Waals surface area contributed by atoms with Gasteiger partial charge in [-0.05, 0) is 48.2 Å². The number of carbonyl (C=O) groups excluding carboxylic acids is 3. The Labute approximate surface area is 184 Å². The number of hydrogen-bond donors (Lipinski definition) is 1. The van der Waals surface area contributed by atoms with Crippen molar-refractivity contribution in [3.05, 3.63) is 76.1 Å². The molecule has 1 aromatic carbocycles. The molecule has 0 aliphatic rings. The number of carbonyl (C=O) groups is 3. The van der Waals surface area contributed by atoms with E-state index < -0.39 is 11.9 Å². The summed E-state index contributed by atoms with van der Waals surface area (Å²) < 4.78 is 10.3. The predicted octanol–water partition coefficient (Wildman–Crippen LogP) is 4.28. The van der Waals surface area contributed by atoms with Crippen LogP contribution in [0.1, 0.15) is 43.8 Å². The number of likely N-dealkylation sites (N-methyl/N-ethyl adjacent to an activating group) is 1. The number of furan rings is 1. The van der Waals surface area contributed by atoms with E-state index in [1.165, 1.54) is 16.7 Å². The second-order valence-corrected chi connectivity index (χ2v) is 8.10. The van der Waals surface area contributed by atoms with Crippen molar-refractivity contribution in [1.82, 2.24) is 4.90 Å². The number of esters is 1. The Morgan fingerprint density at radius 3 is 2.48 bits per heavy atom. The van der Waals surface area contributed by atoms with Crippen molar-refractivity contribution in [3.63, 3.8) is 0 Å².